The predicted octanol–water partition coefficient (Wildman–Crippen LogP) is 2.63. The van der Waals surface area contributed by atoms with Crippen LogP contribution in [0.3, 0.4) is 0 Å². The molecule has 0 heterocycles. The fraction of sp³-hybridized carbons (Fsp3) is 0.529. The lowest BCUT2D eigenvalue weighted by Crippen LogP contribution is -2.38. The van der Waals surface area contributed by atoms with Crippen molar-refractivity contribution in [2.24, 2.45) is 11.3 Å². The highest BCUT2D eigenvalue weighted by atomic mass is 79.9. The summed E-state index contributed by atoms with van der Waals surface area (Å²) < 4.78 is 6.07. The number of ether oxygens (including phenoxy) is 1. The first kappa shape index (κ1) is 17.9. The Balaban J connectivity index is 1.96. The Morgan fingerprint density at radius 2 is 2.17 bits per heavy atom. The van der Waals surface area contributed by atoms with Crippen molar-refractivity contribution < 1.29 is 19.4 Å². The maximum atomic E-state index is 12.5. The normalized spacial score (nSPS) is 16.6. The van der Waals surface area contributed by atoms with Crippen LogP contribution in [0.4, 0.5) is 0 Å². The number of nitrogens with one attached hydrogen (secondary N) is 1. The van der Waals surface area contributed by atoms with Gasteiger partial charge in [0.05, 0.1) is 5.41 Å². The number of carbonyl (C=O) groups is 2. The number of hydrogen-bond donors (Lipinski definition) is 2. The molecule has 5 nitrogen and oxygen atoms in total. The second kappa shape index (κ2) is 7.93. The summed E-state index contributed by atoms with van der Waals surface area (Å²) in [6, 6.07) is 7.86. The molecule has 1 unspecified atom stereocenters. The van der Waals surface area contributed by atoms with Crippen LogP contribution in [0, 0.1) is 11.3 Å². The number of carboxylic acids is 1. The van der Waals surface area contributed by atoms with Gasteiger partial charge < -0.3 is 15.2 Å². The largest absolute Gasteiger partial charge is 0.481 e. The molecule has 126 valence electrons. The van der Waals surface area contributed by atoms with Crippen molar-refractivity contribution in [2.75, 3.05) is 20.3 Å². The molecule has 0 aromatic heterocycles. The molecule has 0 aliphatic heterocycles. The van der Waals surface area contributed by atoms with Crippen molar-refractivity contribution in [1.82, 2.24) is 5.32 Å². The summed E-state index contributed by atoms with van der Waals surface area (Å²) in [5.74, 6) is -1.15. The average molecular weight is 384 g/mol. The molecule has 23 heavy (non-hydrogen) atoms. The van der Waals surface area contributed by atoms with E-state index in [9.17, 15) is 14.7 Å². The van der Waals surface area contributed by atoms with E-state index in [4.69, 9.17) is 4.74 Å². The molecule has 0 saturated heterocycles. The van der Waals surface area contributed by atoms with E-state index in [2.05, 4.69) is 21.2 Å². The van der Waals surface area contributed by atoms with E-state index in [1.165, 1.54) is 0 Å². The monoisotopic (exact) mass is 383 g/mol. The molecule has 1 aromatic carbocycles. The molecule has 6 heteroatoms. The summed E-state index contributed by atoms with van der Waals surface area (Å²) in [7, 11) is 1.61. The number of methoxy groups -OCH3 is 1. The highest BCUT2D eigenvalue weighted by Gasteiger charge is 2.50. The first-order chi connectivity index (χ1) is 11.0. The van der Waals surface area contributed by atoms with Crippen molar-refractivity contribution >= 4 is 27.8 Å². The molecule has 1 atom stereocenters. The van der Waals surface area contributed by atoms with Gasteiger partial charge in [0.1, 0.15) is 0 Å². The Labute approximate surface area is 144 Å². The fourth-order valence-electron chi connectivity index (χ4n) is 2.55. The van der Waals surface area contributed by atoms with E-state index < -0.39 is 11.4 Å². The first-order valence-electron chi connectivity index (χ1n) is 7.71. The zero-order valence-corrected chi connectivity index (χ0v) is 14.8. The van der Waals surface area contributed by atoms with Gasteiger partial charge in [0, 0.05) is 30.7 Å². The quantitative estimate of drug-likeness (QED) is 0.687. The molecule has 1 aliphatic carbocycles. The Bertz CT molecular complexity index is 571. The maximum absolute atomic E-state index is 12.5. The molecule has 0 spiro atoms. The molecule has 0 bridgehead atoms. The third-order valence-electron chi connectivity index (χ3n) is 4.32. The van der Waals surface area contributed by atoms with E-state index in [1.807, 2.05) is 24.3 Å². The van der Waals surface area contributed by atoms with Crippen LogP contribution in [-0.4, -0.2) is 37.2 Å². The van der Waals surface area contributed by atoms with Gasteiger partial charge in [-0.2, -0.15) is 0 Å². The van der Waals surface area contributed by atoms with Gasteiger partial charge in [-0.1, -0.05) is 28.1 Å². The zero-order chi connectivity index (χ0) is 16.9. The third-order valence-corrected chi connectivity index (χ3v) is 4.81. The number of amides is 1. The molecular formula is C17H22BrNO4. The highest BCUT2D eigenvalue weighted by molar-refractivity contribution is 9.10. The van der Waals surface area contributed by atoms with E-state index in [1.54, 1.807) is 7.11 Å². The van der Waals surface area contributed by atoms with Crippen LogP contribution in [0.5, 0.6) is 0 Å². The van der Waals surface area contributed by atoms with E-state index >= 15 is 0 Å². The number of carboxylic acid groups (broad SMARTS) is 1. The summed E-state index contributed by atoms with van der Waals surface area (Å²) >= 11 is 3.43. The Morgan fingerprint density at radius 3 is 2.74 bits per heavy atom. The van der Waals surface area contributed by atoms with Crippen molar-refractivity contribution in [1.29, 1.82) is 0 Å². The number of benzene rings is 1. The zero-order valence-electron chi connectivity index (χ0n) is 13.2. The summed E-state index contributed by atoms with van der Waals surface area (Å²) in [5.41, 5.74) is 0.326. The smallest absolute Gasteiger partial charge is 0.311 e. The number of halogens is 1. The summed E-state index contributed by atoms with van der Waals surface area (Å²) in [5, 5.41) is 12.0. The van der Waals surface area contributed by atoms with Crippen LogP contribution in [0.1, 0.15) is 24.8 Å². The fourth-order valence-corrected chi connectivity index (χ4v) is 3.00. The minimum Gasteiger partial charge on any atom is -0.481 e. The van der Waals surface area contributed by atoms with Crippen LogP contribution in [0.15, 0.2) is 28.7 Å². The van der Waals surface area contributed by atoms with Crippen molar-refractivity contribution in [3.05, 3.63) is 34.3 Å². The third kappa shape index (κ3) is 5.04. The highest BCUT2D eigenvalue weighted by Crippen LogP contribution is 2.45. The van der Waals surface area contributed by atoms with Gasteiger partial charge in [0.15, 0.2) is 0 Å². The van der Waals surface area contributed by atoms with Crippen LogP contribution in [0.25, 0.3) is 0 Å². The number of hydrogen-bond acceptors (Lipinski definition) is 3. The lowest BCUT2D eigenvalue weighted by atomic mass is 9.95. The van der Waals surface area contributed by atoms with Crippen molar-refractivity contribution in [3.8, 4) is 0 Å². The summed E-state index contributed by atoms with van der Waals surface area (Å²) in [4.78, 5) is 23.7. The molecule has 1 aromatic rings. The first-order valence-corrected chi connectivity index (χ1v) is 8.51. The lowest BCUT2D eigenvalue weighted by Gasteiger charge is -2.18. The van der Waals surface area contributed by atoms with Gasteiger partial charge in [-0.05, 0) is 43.4 Å². The van der Waals surface area contributed by atoms with Crippen LogP contribution < -0.4 is 5.32 Å². The van der Waals surface area contributed by atoms with Gasteiger partial charge in [-0.25, -0.2) is 0 Å². The van der Waals surface area contributed by atoms with Gasteiger partial charge >= 0.3 is 5.97 Å². The SMILES string of the molecule is COCCC(Cc1cccc(Br)c1)C(=O)NCC1(C(=O)O)CC1. The maximum Gasteiger partial charge on any atom is 0.311 e. The number of rotatable bonds is 9. The molecule has 1 amide bonds. The molecule has 1 saturated carbocycles. The lowest BCUT2D eigenvalue weighted by molar-refractivity contribution is -0.143. The summed E-state index contributed by atoms with van der Waals surface area (Å²) in [6.07, 6.45) is 2.48. The molecular weight excluding hydrogens is 362 g/mol. The van der Waals surface area contributed by atoms with Crippen LogP contribution >= 0.6 is 15.9 Å². The predicted molar refractivity (Wildman–Crippen MR) is 90.1 cm³/mol. The van der Waals surface area contributed by atoms with Gasteiger partial charge in [0.25, 0.3) is 0 Å². The number of carbonyl (C=O) groups excluding carboxylic acids is 1. The van der Waals surface area contributed by atoms with E-state index in [0.717, 1.165) is 10.0 Å². The Hall–Kier alpha value is -1.40. The molecule has 1 fully saturated rings. The van der Waals surface area contributed by atoms with Gasteiger partial charge in [-0.15, -0.1) is 0 Å². The average Bonchev–Trinajstić information content (AvgIpc) is 3.30. The van der Waals surface area contributed by atoms with E-state index in [-0.39, 0.29) is 18.4 Å². The topological polar surface area (TPSA) is 75.6 Å². The van der Waals surface area contributed by atoms with Crippen molar-refractivity contribution in [3.63, 3.8) is 0 Å². The molecule has 2 N–H and O–H groups in total. The molecule has 2 rings (SSSR count). The minimum absolute atomic E-state index is 0.102. The number of aliphatic carboxylic acids is 1. The molecule has 0 radical (unpaired) electrons. The van der Waals surface area contributed by atoms with Crippen LogP contribution in [-0.2, 0) is 20.7 Å². The molecule has 1 aliphatic rings. The van der Waals surface area contributed by atoms with Gasteiger partial charge in [0.2, 0.25) is 5.91 Å². The second-order valence-electron chi connectivity index (χ2n) is 6.12. The Kier molecular flexibility index (Phi) is 6.18. The standard InChI is InChI=1S/C17H22BrNO4/c1-23-8-5-13(9-12-3-2-4-14(18)10-12)15(20)19-11-17(6-7-17)16(21)22/h2-4,10,13H,5-9,11H2,1H3,(H,19,20)(H,21,22). The van der Waals surface area contributed by atoms with Gasteiger partial charge in [-0.3, -0.25) is 9.59 Å². The Morgan fingerprint density at radius 1 is 1.43 bits per heavy atom. The van der Waals surface area contributed by atoms with Crippen LogP contribution in [0.2, 0.25) is 0 Å². The van der Waals surface area contributed by atoms with E-state index in [0.29, 0.717) is 32.3 Å². The minimum atomic E-state index is -0.821. The summed E-state index contributed by atoms with van der Waals surface area (Å²) in [6.45, 7) is 0.708. The second-order valence-corrected chi connectivity index (χ2v) is 7.03. The van der Waals surface area contributed by atoms with Crippen molar-refractivity contribution in [2.45, 2.75) is 25.7 Å².